The van der Waals surface area contributed by atoms with Gasteiger partial charge >= 0.3 is 0 Å². The van der Waals surface area contributed by atoms with Gasteiger partial charge in [-0.05, 0) is 38.0 Å². The molecule has 150 valence electrons. The zero-order valence-electron chi connectivity index (χ0n) is 16.2. The number of thioether (sulfide) groups is 1. The predicted octanol–water partition coefficient (Wildman–Crippen LogP) is 4.91. The maximum absolute atomic E-state index is 14.0. The molecule has 2 aromatic carbocycles. The van der Waals surface area contributed by atoms with Gasteiger partial charge in [0.15, 0.2) is 5.78 Å². The summed E-state index contributed by atoms with van der Waals surface area (Å²) in [5.74, 6) is -0.697. The molecule has 0 saturated heterocycles. The minimum atomic E-state index is -0.481. The average Bonchev–Trinajstić information content (AvgIpc) is 3.14. The van der Waals surface area contributed by atoms with E-state index in [4.69, 9.17) is 0 Å². The Morgan fingerprint density at radius 2 is 1.93 bits per heavy atom. The molecule has 0 spiro atoms. The van der Waals surface area contributed by atoms with E-state index in [1.807, 2.05) is 36.6 Å². The second-order valence-electron chi connectivity index (χ2n) is 6.54. The van der Waals surface area contributed by atoms with Crippen molar-refractivity contribution in [2.24, 2.45) is 0 Å². The van der Waals surface area contributed by atoms with Crippen LogP contribution in [0.5, 0.6) is 0 Å². The predicted molar refractivity (Wildman–Crippen MR) is 116 cm³/mol. The molecule has 0 radical (unpaired) electrons. The molecule has 3 rings (SSSR count). The Hall–Kier alpha value is -2.51. The van der Waals surface area contributed by atoms with Crippen molar-refractivity contribution in [1.29, 1.82) is 0 Å². The van der Waals surface area contributed by atoms with E-state index in [-0.39, 0.29) is 17.4 Å². The van der Waals surface area contributed by atoms with Gasteiger partial charge in [-0.3, -0.25) is 9.59 Å². The summed E-state index contributed by atoms with van der Waals surface area (Å²) < 4.78 is 14.0. The lowest BCUT2D eigenvalue weighted by molar-refractivity contribution is -0.118. The number of Topliss-reactive ketones (excluding diaryl/α,β-unsaturated/α-hetero) is 1. The second kappa shape index (κ2) is 9.80. The molecule has 0 aliphatic rings. The molecular weight excluding hydrogens is 407 g/mol. The number of rotatable bonds is 8. The van der Waals surface area contributed by atoms with Gasteiger partial charge in [0, 0.05) is 27.9 Å². The second-order valence-corrected chi connectivity index (χ2v) is 8.62. The van der Waals surface area contributed by atoms with E-state index in [1.165, 1.54) is 19.1 Å². The molecule has 3 aromatic rings. The third-order valence-electron chi connectivity index (χ3n) is 4.30. The third kappa shape index (κ3) is 5.98. The lowest BCUT2D eigenvalue weighted by atomic mass is 10.1. The summed E-state index contributed by atoms with van der Waals surface area (Å²) in [6.45, 7) is 3.89. The molecule has 1 aromatic heterocycles. The Balaban J connectivity index is 1.43. The minimum Gasteiger partial charge on any atom is -0.355 e. The summed E-state index contributed by atoms with van der Waals surface area (Å²) in [5, 5.41) is 5.93. The standard InChI is InChI=1S/C22H21FN2O2S2/c1-14(26)18-7-8-21(19(23)11-18)29-13-22(27)24-10-9-16-3-5-17(6-4-16)20-12-28-15(2)25-20/h3-8,11-12H,9-10,13H2,1-2H3,(H,24,27). The first-order valence-corrected chi connectivity index (χ1v) is 11.0. The van der Waals surface area contributed by atoms with Crippen LogP contribution < -0.4 is 5.32 Å². The number of ketones is 1. The lowest BCUT2D eigenvalue weighted by Crippen LogP contribution is -2.27. The van der Waals surface area contributed by atoms with Gasteiger partial charge in [-0.15, -0.1) is 23.1 Å². The number of nitrogens with one attached hydrogen (secondary N) is 1. The number of amides is 1. The van der Waals surface area contributed by atoms with Crippen LogP contribution in [-0.2, 0) is 11.2 Å². The fourth-order valence-electron chi connectivity index (χ4n) is 2.72. The molecule has 1 amide bonds. The van der Waals surface area contributed by atoms with Crippen molar-refractivity contribution in [3.63, 3.8) is 0 Å². The van der Waals surface area contributed by atoms with Crippen LogP contribution in [0.25, 0.3) is 11.3 Å². The van der Waals surface area contributed by atoms with Gasteiger partial charge in [0.2, 0.25) is 5.91 Å². The molecule has 0 atom stereocenters. The number of benzene rings is 2. The number of carbonyl (C=O) groups is 2. The maximum Gasteiger partial charge on any atom is 0.230 e. The third-order valence-corrected chi connectivity index (χ3v) is 6.12. The zero-order chi connectivity index (χ0) is 20.8. The quantitative estimate of drug-likeness (QED) is 0.409. The van der Waals surface area contributed by atoms with E-state index in [0.29, 0.717) is 23.4 Å². The maximum atomic E-state index is 14.0. The average molecular weight is 429 g/mol. The molecule has 0 saturated carbocycles. The number of halogens is 1. The van der Waals surface area contributed by atoms with Crippen LogP contribution in [0, 0.1) is 12.7 Å². The summed E-state index contributed by atoms with van der Waals surface area (Å²) in [5.41, 5.74) is 3.51. The number of hydrogen-bond acceptors (Lipinski definition) is 5. The largest absolute Gasteiger partial charge is 0.355 e. The van der Waals surface area contributed by atoms with Crippen LogP contribution in [0.2, 0.25) is 0 Å². The first kappa shape index (κ1) is 21.2. The number of aryl methyl sites for hydroxylation is 1. The van der Waals surface area contributed by atoms with Crippen molar-refractivity contribution in [3.05, 3.63) is 69.8 Å². The first-order valence-electron chi connectivity index (χ1n) is 9.14. The van der Waals surface area contributed by atoms with Crippen LogP contribution in [0.3, 0.4) is 0 Å². The van der Waals surface area contributed by atoms with Crippen molar-refractivity contribution >= 4 is 34.8 Å². The smallest absolute Gasteiger partial charge is 0.230 e. The van der Waals surface area contributed by atoms with Gasteiger partial charge in [0.1, 0.15) is 5.82 Å². The van der Waals surface area contributed by atoms with E-state index < -0.39 is 5.82 Å². The van der Waals surface area contributed by atoms with Gasteiger partial charge in [-0.1, -0.05) is 30.3 Å². The van der Waals surface area contributed by atoms with E-state index in [0.717, 1.165) is 33.6 Å². The summed E-state index contributed by atoms with van der Waals surface area (Å²) in [4.78, 5) is 28.1. The van der Waals surface area contributed by atoms with Crippen LogP contribution >= 0.6 is 23.1 Å². The van der Waals surface area contributed by atoms with Crippen LogP contribution in [-0.4, -0.2) is 29.0 Å². The highest BCUT2D eigenvalue weighted by Gasteiger charge is 2.09. The Bertz CT molecular complexity index is 1020. The summed E-state index contributed by atoms with van der Waals surface area (Å²) in [7, 11) is 0. The summed E-state index contributed by atoms with van der Waals surface area (Å²) in [6, 6.07) is 12.5. The Kier molecular flexibility index (Phi) is 7.17. The Morgan fingerprint density at radius 3 is 2.55 bits per heavy atom. The van der Waals surface area contributed by atoms with Crippen molar-refractivity contribution in [2.75, 3.05) is 12.3 Å². The highest BCUT2D eigenvalue weighted by molar-refractivity contribution is 8.00. The molecule has 0 bridgehead atoms. The van der Waals surface area contributed by atoms with Gasteiger partial charge < -0.3 is 5.32 Å². The molecule has 7 heteroatoms. The number of carbonyl (C=O) groups excluding carboxylic acids is 2. The fraction of sp³-hybridized carbons (Fsp3) is 0.227. The molecule has 0 fully saturated rings. The van der Waals surface area contributed by atoms with Crippen molar-refractivity contribution in [3.8, 4) is 11.3 Å². The number of thiazole rings is 1. The van der Waals surface area contributed by atoms with E-state index in [1.54, 1.807) is 17.4 Å². The molecule has 4 nitrogen and oxygen atoms in total. The molecule has 29 heavy (non-hydrogen) atoms. The van der Waals surface area contributed by atoms with Crippen molar-refractivity contribution in [2.45, 2.75) is 25.2 Å². The van der Waals surface area contributed by atoms with Gasteiger partial charge in [-0.2, -0.15) is 0 Å². The molecule has 0 aliphatic heterocycles. The monoisotopic (exact) mass is 428 g/mol. The normalized spacial score (nSPS) is 10.7. The molecule has 1 N–H and O–H groups in total. The Labute approximate surface area is 177 Å². The van der Waals surface area contributed by atoms with Gasteiger partial charge in [0.25, 0.3) is 0 Å². The van der Waals surface area contributed by atoms with Gasteiger partial charge in [0.05, 0.1) is 16.5 Å². The SMILES string of the molecule is CC(=O)c1ccc(SCC(=O)NCCc2ccc(-c3csc(C)n3)cc2)c(F)c1. The minimum absolute atomic E-state index is 0.123. The summed E-state index contributed by atoms with van der Waals surface area (Å²) in [6.07, 6.45) is 0.717. The highest BCUT2D eigenvalue weighted by atomic mass is 32.2. The molecule has 0 aliphatic carbocycles. The van der Waals surface area contributed by atoms with Crippen LogP contribution in [0.4, 0.5) is 4.39 Å². The number of hydrogen-bond donors (Lipinski definition) is 1. The van der Waals surface area contributed by atoms with Crippen LogP contribution in [0.15, 0.2) is 52.7 Å². The first-order chi connectivity index (χ1) is 13.9. The highest BCUT2D eigenvalue weighted by Crippen LogP contribution is 2.23. The van der Waals surface area contributed by atoms with E-state index in [2.05, 4.69) is 10.3 Å². The number of aromatic nitrogens is 1. The topological polar surface area (TPSA) is 59.1 Å². The Morgan fingerprint density at radius 1 is 1.17 bits per heavy atom. The van der Waals surface area contributed by atoms with E-state index in [9.17, 15) is 14.0 Å². The molecular formula is C22H21FN2O2S2. The summed E-state index contributed by atoms with van der Waals surface area (Å²) >= 11 is 2.75. The molecule has 1 heterocycles. The van der Waals surface area contributed by atoms with Crippen molar-refractivity contribution < 1.29 is 14.0 Å². The number of nitrogens with zero attached hydrogens (tertiary/aromatic N) is 1. The lowest BCUT2D eigenvalue weighted by Gasteiger charge is -2.07. The van der Waals surface area contributed by atoms with E-state index >= 15 is 0 Å². The van der Waals surface area contributed by atoms with Crippen molar-refractivity contribution in [1.82, 2.24) is 10.3 Å². The zero-order valence-corrected chi connectivity index (χ0v) is 17.8. The van der Waals surface area contributed by atoms with Gasteiger partial charge in [-0.25, -0.2) is 9.37 Å². The molecule has 0 unspecified atom stereocenters. The fourth-order valence-corrected chi connectivity index (χ4v) is 4.09. The van der Waals surface area contributed by atoms with Crippen LogP contribution in [0.1, 0.15) is 27.9 Å².